The highest BCUT2D eigenvalue weighted by Crippen LogP contribution is 2.33. The van der Waals surface area contributed by atoms with Crippen molar-refractivity contribution in [2.45, 2.75) is 6.42 Å². The minimum atomic E-state index is -0.847. The van der Waals surface area contributed by atoms with Crippen LogP contribution in [0.1, 0.15) is 6.42 Å². The maximum Gasteiger partial charge on any atom is 0.257 e. The Hall–Kier alpha value is -2.67. The van der Waals surface area contributed by atoms with Crippen LogP contribution in [0.3, 0.4) is 0 Å². The molecule has 0 spiro atoms. The van der Waals surface area contributed by atoms with Gasteiger partial charge < -0.3 is 15.0 Å². The number of carbonyl (C=O) groups excluding carboxylic acids is 1. The molecule has 156 valence electrons. The number of ether oxygens (including phenoxy) is 1. The zero-order valence-corrected chi connectivity index (χ0v) is 17.8. The van der Waals surface area contributed by atoms with Crippen molar-refractivity contribution < 1.29 is 18.3 Å². The van der Waals surface area contributed by atoms with Crippen LogP contribution in [0.4, 0.5) is 14.5 Å². The summed E-state index contributed by atoms with van der Waals surface area (Å²) in [5.41, 5.74) is 0.659. The maximum atomic E-state index is 13.4. The number of hydrogen-bond acceptors (Lipinski definition) is 3. The number of carbonyl (C=O) groups is 1. The summed E-state index contributed by atoms with van der Waals surface area (Å²) in [6.45, 7) is 1.87. The Bertz CT molecular complexity index is 1080. The Balaban J connectivity index is 1.26. The summed E-state index contributed by atoms with van der Waals surface area (Å²) in [4.78, 5) is 14.2. The van der Waals surface area contributed by atoms with Crippen molar-refractivity contribution in [3.8, 4) is 5.75 Å². The van der Waals surface area contributed by atoms with Crippen molar-refractivity contribution in [2.75, 3.05) is 31.1 Å². The molecule has 30 heavy (non-hydrogen) atoms. The van der Waals surface area contributed by atoms with Gasteiger partial charge in [0.15, 0.2) is 18.2 Å². The first-order valence-corrected chi connectivity index (χ1v) is 10.6. The van der Waals surface area contributed by atoms with E-state index in [9.17, 15) is 13.6 Å². The standard InChI is InChI=1S/C23H21BrF2N2O2/c24-23-18-4-2-1-3-16(18)5-8-21(23)30-14-22(29)27-12-15-9-10-28(13-15)17-6-7-19(25)20(26)11-17/h1-8,11,15H,9-10,12-14H2,(H,27,29). The SMILES string of the molecule is O=C(COc1ccc2ccccc2c1Br)NCC1CCN(c2ccc(F)c(F)c2)C1. The minimum Gasteiger partial charge on any atom is -0.483 e. The highest BCUT2D eigenvalue weighted by atomic mass is 79.9. The number of nitrogens with one attached hydrogen (secondary N) is 1. The van der Waals surface area contributed by atoms with E-state index in [1.165, 1.54) is 6.07 Å². The van der Waals surface area contributed by atoms with Gasteiger partial charge in [0.25, 0.3) is 5.91 Å². The number of benzene rings is 3. The molecule has 1 aliphatic rings. The normalized spacial score (nSPS) is 16.1. The minimum absolute atomic E-state index is 0.0729. The Kier molecular flexibility index (Phi) is 6.18. The fourth-order valence-corrected chi connectivity index (χ4v) is 4.30. The second kappa shape index (κ2) is 9.00. The van der Waals surface area contributed by atoms with Crippen LogP contribution < -0.4 is 15.0 Å². The van der Waals surface area contributed by atoms with Crippen LogP contribution in [0.2, 0.25) is 0 Å². The van der Waals surface area contributed by atoms with E-state index in [4.69, 9.17) is 4.74 Å². The third-order valence-corrected chi connectivity index (χ3v) is 6.15. The lowest BCUT2D eigenvalue weighted by Crippen LogP contribution is -2.34. The fraction of sp³-hybridized carbons (Fsp3) is 0.261. The molecule has 0 aliphatic carbocycles. The fourth-order valence-electron chi connectivity index (χ4n) is 3.69. The second-order valence-electron chi connectivity index (χ2n) is 7.39. The monoisotopic (exact) mass is 474 g/mol. The molecule has 1 atom stereocenters. The molecule has 0 saturated carbocycles. The van der Waals surface area contributed by atoms with Gasteiger partial charge in [-0.1, -0.05) is 30.3 Å². The summed E-state index contributed by atoms with van der Waals surface area (Å²) in [6, 6.07) is 15.7. The van der Waals surface area contributed by atoms with Gasteiger partial charge in [-0.25, -0.2) is 8.78 Å². The van der Waals surface area contributed by atoms with Gasteiger partial charge in [0, 0.05) is 31.4 Å². The summed E-state index contributed by atoms with van der Waals surface area (Å²) >= 11 is 3.55. The van der Waals surface area contributed by atoms with Crippen LogP contribution in [0.15, 0.2) is 59.1 Å². The van der Waals surface area contributed by atoms with Crippen molar-refractivity contribution in [2.24, 2.45) is 5.92 Å². The van der Waals surface area contributed by atoms with E-state index in [0.717, 1.165) is 34.3 Å². The predicted molar refractivity (Wildman–Crippen MR) is 117 cm³/mol. The lowest BCUT2D eigenvalue weighted by molar-refractivity contribution is -0.123. The largest absolute Gasteiger partial charge is 0.483 e. The van der Waals surface area contributed by atoms with Gasteiger partial charge in [-0.15, -0.1) is 0 Å². The van der Waals surface area contributed by atoms with E-state index >= 15 is 0 Å². The number of amides is 1. The molecule has 1 saturated heterocycles. The highest BCUT2D eigenvalue weighted by molar-refractivity contribution is 9.10. The van der Waals surface area contributed by atoms with E-state index in [-0.39, 0.29) is 18.4 Å². The van der Waals surface area contributed by atoms with Gasteiger partial charge in [0.1, 0.15) is 5.75 Å². The van der Waals surface area contributed by atoms with Gasteiger partial charge in [-0.05, 0) is 57.2 Å². The smallest absolute Gasteiger partial charge is 0.257 e. The Morgan fingerprint density at radius 2 is 1.97 bits per heavy atom. The maximum absolute atomic E-state index is 13.4. The average Bonchev–Trinajstić information content (AvgIpc) is 3.23. The van der Waals surface area contributed by atoms with Crippen LogP contribution in [0.5, 0.6) is 5.75 Å². The molecule has 0 bridgehead atoms. The molecular weight excluding hydrogens is 454 g/mol. The number of rotatable bonds is 6. The van der Waals surface area contributed by atoms with Gasteiger partial charge in [-0.3, -0.25) is 4.79 Å². The van der Waals surface area contributed by atoms with Crippen LogP contribution in [-0.2, 0) is 4.79 Å². The quantitative estimate of drug-likeness (QED) is 0.552. The summed E-state index contributed by atoms with van der Waals surface area (Å²) < 4.78 is 33.1. The Morgan fingerprint density at radius 1 is 1.13 bits per heavy atom. The number of anilines is 1. The van der Waals surface area contributed by atoms with Crippen molar-refractivity contribution in [1.29, 1.82) is 0 Å². The Labute approximate surface area is 182 Å². The van der Waals surface area contributed by atoms with Crippen LogP contribution in [-0.4, -0.2) is 32.1 Å². The zero-order chi connectivity index (χ0) is 21.1. The van der Waals surface area contributed by atoms with Gasteiger partial charge in [0.05, 0.1) is 4.47 Å². The molecule has 1 aliphatic heterocycles. The molecule has 1 unspecified atom stereocenters. The first kappa shape index (κ1) is 20.6. The molecule has 7 heteroatoms. The molecule has 1 amide bonds. The third-order valence-electron chi connectivity index (χ3n) is 5.33. The highest BCUT2D eigenvalue weighted by Gasteiger charge is 2.24. The van der Waals surface area contributed by atoms with Gasteiger partial charge in [-0.2, -0.15) is 0 Å². The number of nitrogens with zero attached hydrogens (tertiary/aromatic N) is 1. The molecule has 0 radical (unpaired) electrons. The molecule has 3 aromatic rings. The van der Waals surface area contributed by atoms with E-state index in [1.54, 1.807) is 6.07 Å². The zero-order valence-electron chi connectivity index (χ0n) is 16.2. The molecular formula is C23H21BrF2N2O2. The molecule has 0 aromatic heterocycles. The van der Waals surface area contributed by atoms with Crippen LogP contribution >= 0.6 is 15.9 Å². The first-order valence-electron chi connectivity index (χ1n) is 9.78. The van der Waals surface area contributed by atoms with Crippen molar-refractivity contribution in [1.82, 2.24) is 5.32 Å². The third kappa shape index (κ3) is 4.56. The van der Waals surface area contributed by atoms with E-state index in [1.807, 2.05) is 41.3 Å². The number of fused-ring (bicyclic) bond motifs is 1. The van der Waals surface area contributed by atoms with E-state index in [2.05, 4.69) is 21.2 Å². The van der Waals surface area contributed by atoms with Crippen LogP contribution in [0, 0.1) is 17.6 Å². The summed E-state index contributed by atoms with van der Waals surface area (Å²) in [5.74, 6) is -1.02. The van der Waals surface area contributed by atoms with Crippen molar-refractivity contribution in [3.05, 3.63) is 70.7 Å². The van der Waals surface area contributed by atoms with E-state index < -0.39 is 11.6 Å². The molecule has 4 rings (SSSR count). The average molecular weight is 475 g/mol. The van der Waals surface area contributed by atoms with Crippen molar-refractivity contribution in [3.63, 3.8) is 0 Å². The van der Waals surface area contributed by atoms with Crippen LogP contribution in [0.25, 0.3) is 10.8 Å². The summed E-state index contributed by atoms with van der Waals surface area (Å²) in [7, 11) is 0. The molecule has 1 N–H and O–H groups in total. The Morgan fingerprint density at radius 3 is 2.80 bits per heavy atom. The topological polar surface area (TPSA) is 41.6 Å². The molecule has 1 fully saturated rings. The summed E-state index contributed by atoms with van der Waals surface area (Å²) in [6.07, 6.45) is 0.871. The number of halogens is 3. The lowest BCUT2D eigenvalue weighted by atomic mass is 10.1. The first-order chi connectivity index (χ1) is 14.5. The number of hydrogen-bond donors (Lipinski definition) is 1. The predicted octanol–water partition coefficient (Wildman–Crippen LogP) is 4.90. The van der Waals surface area contributed by atoms with Gasteiger partial charge in [0.2, 0.25) is 0 Å². The molecule has 3 aromatic carbocycles. The molecule has 1 heterocycles. The second-order valence-corrected chi connectivity index (χ2v) is 8.18. The van der Waals surface area contributed by atoms with Crippen molar-refractivity contribution >= 4 is 38.3 Å². The molecule has 4 nitrogen and oxygen atoms in total. The van der Waals surface area contributed by atoms with E-state index in [0.29, 0.717) is 24.5 Å². The summed E-state index contributed by atoms with van der Waals surface area (Å²) in [5, 5.41) is 5.02. The van der Waals surface area contributed by atoms with Gasteiger partial charge >= 0.3 is 0 Å². The lowest BCUT2D eigenvalue weighted by Gasteiger charge is -2.19.